The second kappa shape index (κ2) is 7.49. The molecular formula is C22H25N7OS. The number of imidazole rings is 1. The largest absolute Gasteiger partial charge is 0.336 e. The van der Waals surface area contributed by atoms with Crippen LogP contribution in [0, 0.1) is 5.41 Å². The molecule has 0 saturated heterocycles. The Morgan fingerprint density at radius 1 is 1.39 bits per heavy atom. The van der Waals surface area contributed by atoms with Gasteiger partial charge in [-0.25, -0.2) is 4.98 Å². The Morgan fingerprint density at radius 2 is 2.26 bits per heavy atom. The smallest absolute Gasteiger partial charge is 0.276 e. The van der Waals surface area contributed by atoms with Crippen molar-refractivity contribution in [2.24, 2.45) is 12.5 Å². The van der Waals surface area contributed by atoms with E-state index in [1.54, 1.807) is 23.7 Å². The summed E-state index contributed by atoms with van der Waals surface area (Å²) in [6, 6.07) is 3.93. The van der Waals surface area contributed by atoms with Crippen molar-refractivity contribution in [3.8, 4) is 0 Å². The zero-order valence-electron chi connectivity index (χ0n) is 17.8. The fraction of sp³-hybridized carbons (Fsp3) is 0.364. The SMILES string of the molecule is Cn1ccnc1C(c1cccs1)n1cc(NC(=O)c2n[nH]c3c2CCC(C)(C)C3)cn1. The molecule has 9 heteroatoms. The lowest BCUT2D eigenvalue weighted by Gasteiger charge is -2.28. The summed E-state index contributed by atoms with van der Waals surface area (Å²) in [6.45, 7) is 4.49. The van der Waals surface area contributed by atoms with Gasteiger partial charge in [-0.15, -0.1) is 11.3 Å². The van der Waals surface area contributed by atoms with E-state index in [1.165, 1.54) is 0 Å². The van der Waals surface area contributed by atoms with Crippen LogP contribution >= 0.6 is 11.3 Å². The Morgan fingerprint density at radius 3 is 3.00 bits per heavy atom. The highest BCUT2D eigenvalue weighted by atomic mass is 32.1. The van der Waals surface area contributed by atoms with Gasteiger partial charge in [0.1, 0.15) is 11.9 Å². The van der Waals surface area contributed by atoms with Crippen molar-refractivity contribution in [2.45, 2.75) is 39.2 Å². The molecule has 8 nitrogen and oxygen atoms in total. The van der Waals surface area contributed by atoms with Gasteiger partial charge in [0.25, 0.3) is 5.91 Å². The van der Waals surface area contributed by atoms with Crippen LogP contribution in [0.5, 0.6) is 0 Å². The van der Waals surface area contributed by atoms with E-state index in [1.807, 2.05) is 40.1 Å². The second-order valence-electron chi connectivity index (χ2n) is 8.85. The average molecular weight is 436 g/mol. The Hall–Kier alpha value is -3.20. The van der Waals surface area contributed by atoms with E-state index in [0.717, 1.165) is 41.2 Å². The number of nitrogens with zero attached hydrogens (tertiary/aromatic N) is 5. The lowest BCUT2D eigenvalue weighted by atomic mass is 9.76. The summed E-state index contributed by atoms with van der Waals surface area (Å²) in [4.78, 5) is 18.6. The number of nitrogens with one attached hydrogen (secondary N) is 2. The van der Waals surface area contributed by atoms with Gasteiger partial charge in [-0.3, -0.25) is 14.6 Å². The number of thiophene rings is 1. The molecule has 4 heterocycles. The van der Waals surface area contributed by atoms with Crippen LogP contribution < -0.4 is 5.32 Å². The van der Waals surface area contributed by atoms with Gasteiger partial charge >= 0.3 is 0 Å². The van der Waals surface area contributed by atoms with Crippen LogP contribution in [0.2, 0.25) is 0 Å². The van der Waals surface area contributed by atoms with Crippen molar-refractivity contribution in [3.05, 3.63) is 70.0 Å². The third-order valence-electron chi connectivity index (χ3n) is 5.91. The minimum atomic E-state index is -0.207. The highest BCUT2D eigenvalue weighted by Gasteiger charge is 2.31. The molecule has 1 unspecified atom stereocenters. The number of fused-ring (bicyclic) bond motifs is 1. The van der Waals surface area contributed by atoms with Crippen molar-refractivity contribution in [1.29, 1.82) is 0 Å². The predicted octanol–water partition coefficient (Wildman–Crippen LogP) is 3.81. The van der Waals surface area contributed by atoms with Gasteiger partial charge in [0.2, 0.25) is 0 Å². The number of aromatic nitrogens is 6. The normalized spacial score (nSPS) is 16.1. The Balaban J connectivity index is 1.39. The lowest BCUT2D eigenvalue weighted by Crippen LogP contribution is -2.23. The van der Waals surface area contributed by atoms with Crippen LogP contribution in [0.4, 0.5) is 5.69 Å². The van der Waals surface area contributed by atoms with Gasteiger partial charge < -0.3 is 9.88 Å². The van der Waals surface area contributed by atoms with E-state index in [-0.39, 0.29) is 17.4 Å². The molecule has 1 aliphatic rings. The molecule has 31 heavy (non-hydrogen) atoms. The Labute approximate surface area is 184 Å². The molecule has 5 rings (SSSR count). The molecule has 4 aromatic heterocycles. The average Bonchev–Trinajstić information content (AvgIpc) is 3.50. The number of amides is 1. The molecule has 1 amide bonds. The van der Waals surface area contributed by atoms with Crippen molar-refractivity contribution >= 4 is 22.9 Å². The van der Waals surface area contributed by atoms with Crippen LogP contribution in [0.15, 0.2) is 42.3 Å². The summed E-state index contributed by atoms with van der Waals surface area (Å²) in [7, 11) is 1.97. The summed E-state index contributed by atoms with van der Waals surface area (Å²) in [5, 5.41) is 16.9. The van der Waals surface area contributed by atoms with Crippen LogP contribution in [-0.4, -0.2) is 35.4 Å². The summed E-state index contributed by atoms with van der Waals surface area (Å²) >= 11 is 1.65. The molecule has 0 aliphatic heterocycles. The fourth-order valence-corrected chi connectivity index (χ4v) is 5.05. The minimum absolute atomic E-state index is 0.161. The van der Waals surface area contributed by atoms with Crippen molar-refractivity contribution in [1.82, 2.24) is 29.5 Å². The zero-order valence-corrected chi connectivity index (χ0v) is 18.6. The molecule has 1 aliphatic carbocycles. The number of hydrogen-bond acceptors (Lipinski definition) is 5. The first-order valence-corrected chi connectivity index (χ1v) is 11.2. The number of aromatic amines is 1. The number of aryl methyl sites for hydroxylation is 1. The van der Waals surface area contributed by atoms with Crippen LogP contribution in [0.25, 0.3) is 0 Å². The predicted molar refractivity (Wildman–Crippen MR) is 119 cm³/mol. The highest BCUT2D eigenvalue weighted by molar-refractivity contribution is 7.10. The first kappa shape index (κ1) is 19.7. The summed E-state index contributed by atoms with van der Waals surface area (Å²) in [5.41, 5.74) is 3.46. The highest BCUT2D eigenvalue weighted by Crippen LogP contribution is 2.35. The van der Waals surface area contributed by atoms with Gasteiger partial charge in [0, 0.05) is 41.8 Å². The quantitative estimate of drug-likeness (QED) is 0.499. The molecule has 1 atom stereocenters. The topological polar surface area (TPSA) is 93.4 Å². The molecule has 2 N–H and O–H groups in total. The van der Waals surface area contributed by atoms with Crippen LogP contribution in [0.3, 0.4) is 0 Å². The molecule has 0 radical (unpaired) electrons. The van der Waals surface area contributed by atoms with E-state index in [9.17, 15) is 4.79 Å². The number of rotatable bonds is 5. The van der Waals surface area contributed by atoms with E-state index >= 15 is 0 Å². The number of carbonyl (C=O) groups excluding carboxylic acids is 1. The van der Waals surface area contributed by atoms with E-state index < -0.39 is 0 Å². The number of anilines is 1. The van der Waals surface area contributed by atoms with Gasteiger partial charge in [0.05, 0.1) is 11.9 Å². The molecular weight excluding hydrogens is 410 g/mol. The molecule has 0 spiro atoms. The maximum atomic E-state index is 13.0. The van der Waals surface area contributed by atoms with E-state index in [2.05, 4.69) is 45.5 Å². The number of hydrogen-bond donors (Lipinski definition) is 2. The number of H-pyrrole nitrogens is 1. The fourth-order valence-electron chi connectivity index (χ4n) is 4.23. The Kier molecular flexibility index (Phi) is 4.77. The summed E-state index contributed by atoms with van der Waals surface area (Å²) < 4.78 is 3.83. The van der Waals surface area contributed by atoms with Gasteiger partial charge in [-0.1, -0.05) is 19.9 Å². The third kappa shape index (κ3) is 3.69. The van der Waals surface area contributed by atoms with Crippen molar-refractivity contribution < 1.29 is 4.79 Å². The monoisotopic (exact) mass is 435 g/mol. The van der Waals surface area contributed by atoms with Crippen LogP contribution in [-0.2, 0) is 19.9 Å². The molecule has 0 fully saturated rings. The summed E-state index contributed by atoms with van der Waals surface area (Å²) in [5.74, 6) is 0.675. The molecule has 0 saturated carbocycles. The number of carbonyl (C=O) groups is 1. The van der Waals surface area contributed by atoms with Crippen LogP contribution in [0.1, 0.15) is 58.8 Å². The van der Waals surface area contributed by atoms with Gasteiger partial charge in [-0.2, -0.15) is 10.2 Å². The first-order valence-electron chi connectivity index (χ1n) is 10.3. The molecule has 4 aromatic rings. The standard InChI is InChI=1S/C22H25N7OS/c1-22(2)7-6-15-16(11-22)26-27-18(15)21(30)25-14-12-24-29(13-14)19(17-5-4-10-31-17)20-23-8-9-28(20)3/h4-5,8-10,12-13,19H,6-7,11H2,1-3H3,(H,25,30)(H,26,27). The lowest BCUT2D eigenvalue weighted by molar-refractivity contribution is 0.102. The first-order chi connectivity index (χ1) is 14.9. The third-order valence-corrected chi connectivity index (χ3v) is 6.84. The zero-order chi connectivity index (χ0) is 21.6. The Bertz CT molecular complexity index is 1210. The van der Waals surface area contributed by atoms with E-state index in [4.69, 9.17) is 0 Å². The molecule has 0 aromatic carbocycles. The van der Waals surface area contributed by atoms with Crippen molar-refractivity contribution in [2.75, 3.05) is 5.32 Å². The molecule has 0 bridgehead atoms. The molecule has 160 valence electrons. The summed E-state index contributed by atoms with van der Waals surface area (Å²) in [6.07, 6.45) is 10.0. The second-order valence-corrected chi connectivity index (χ2v) is 9.83. The van der Waals surface area contributed by atoms with Crippen molar-refractivity contribution in [3.63, 3.8) is 0 Å². The van der Waals surface area contributed by atoms with Gasteiger partial charge in [-0.05, 0) is 36.1 Å². The maximum absolute atomic E-state index is 13.0. The van der Waals surface area contributed by atoms with E-state index in [0.29, 0.717) is 11.4 Å². The minimum Gasteiger partial charge on any atom is -0.336 e. The maximum Gasteiger partial charge on any atom is 0.276 e. The van der Waals surface area contributed by atoms with Gasteiger partial charge in [0.15, 0.2) is 5.69 Å².